The third kappa shape index (κ3) is 4.13. The highest BCUT2D eigenvalue weighted by atomic mass is 16.1. The van der Waals surface area contributed by atoms with Crippen molar-refractivity contribution < 1.29 is 4.79 Å². The van der Waals surface area contributed by atoms with Gasteiger partial charge in [-0.2, -0.15) is 0 Å². The molecule has 0 saturated carbocycles. The van der Waals surface area contributed by atoms with Crippen LogP contribution in [-0.2, 0) is 11.8 Å². The number of hydrogen-bond donors (Lipinski definition) is 0. The second-order valence-corrected chi connectivity index (χ2v) is 6.04. The maximum atomic E-state index is 11.6. The van der Waals surface area contributed by atoms with Crippen LogP contribution in [0.4, 0.5) is 5.95 Å². The lowest BCUT2D eigenvalue weighted by molar-refractivity contribution is -0.113. The fraction of sp³-hybridized carbons (Fsp3) is 0.500. The van der Waals surface area contributed by atoms with Gasteiger partial charge >= 0.3 is 0 Å². The first kappa shape index (κ1) is 18.0. The molecule has 24 heavy (non-hydrogen) atoms. The van der Waals surface area contributed by atoms with Gasteiger partial charge < -0.3 is 14.4 Å². The fourth-order valence-corrected chi connectivity index (χ4v) is 2.72. The molecule has 1 aliphatic heterocycles. The molecular weight excluding hydrogens is 302 g/mol. The molecule has 0 atom stereocenters. The van der Waals surface area contributed by atoms with Crippen molar-refractivity contribution in [3.05, 3.63) is 35.8 Å². The summed E-state index contributed by atoms with van der Waals surface area (Å²) in [6, 6.07) is 0. The van der Waals surface area contributed by atoms with E-state index >= 15 is 0 Å². The van der Waals surface area contributed by atoms with Crippen LogP contribution in [0, 0.1) is 0 Å². The van der Waals surface area contributed by atoms with Crippen LogP contribution >= 0.6 is 0 Å². The summed E-state index contributed by atoms with van der Waals surface area (Å²) in [5.41, 5.74) is 1.44. The first-order valence-electron chi connectivity index (χ1n) is 8.31. The Balaban J connectivity index is 2.08. The van der Waals surface area contributed by atoms with Crippen molar-refractivity contribution in [2.24, 2.45) is 12.0 Å². The maximum absolute atomic E-state index is 11.6. The van der Waals surface area contributed by atoms with E-state index in [1.807, 2.05) is 56.9 Å². The van der Waals surface area contributed by atoms with E-state index in [2.05, 4.69) is 14.8 Å². The molecule has 0 amide bonds. The Kier molecular flexibility index (Phi) is 5.95. The van der Waals surface area contributed by atoms with Crippen LogP contribution in [0.25, 0.3) is 0 Å². The number of allylic oxidation sites excluding steroid dienone is 3. The molecule has 130 valence electrons. The predicted molar refractivity (Wildman–Crippen MR) is 98.3 cm³/mol. The molecule has 0 bridgehead atoms. The number of ketones is 1. The van der Waals surface area contributed by atoms with E-state index in [1.54, 1.807) is 6.92 Å². The highest BCUT2D eigenvalue weighted by molar-refractivity contribution is 5.94. The van der Waals surface area contributed by atoms with Crippen molar-refractivity contribution in [1.29, 1.82) is 0 Å². The zero-order valence-electron chi connectivity index (χ0n) is 15.3. The third-order valence-corrected chi connectivity index (χ3v) is 4.34. The highest BCUT2D eigenvalue weighted by Crippen LogP contribution is 2.15. The molecule has 0 radical (unpaired) electrons. The van der Waals surface area contributed by atoms with E-state index in [0.717, 1.165) is 43.7 Å². The van der Waals surface area contributed by atoms with Crippen molar-refractivity contribution in [1.82, 2.24) is 14.5 Å². The monoisotopic (exact) mass is 329 g/mol. The Bertz CT molecular complexity index is 675. The number of anilines is 1. The van der Waals surface area contributed by atoms with Crippen molar-refractivity contribution in [2.75, 3.05) is 31.1 Å². The van der Waals surface area contributed by atoms with Gasteiger partial charge in [0.05, 0.1) is 5.70 Å². The number of aromatic nitrogens is 2. The van der Waals surface area contributed by atoms with E-state index in [4.69, 9.17) is 4.99 Å². The minimum atomic E-state index is 0.0549. The van der Waals surface area contributed by atoms with E-state index < -0.39 is 0 Å². The number of aliphatic imine (C=N–C) groups is 1. The Morgan fingerprint density at radius 2 is 1.88 bits per heavy atom. The zero-order chi connectivity index (χ0) is 17.7. The lowest BCUT2D eigenvalue weighted by Crippen LogP contribution is -2.48. The first-order valence-corrected chi connectivity index (χ1v) is 8.31. The van der Waals surface area contributed by atoms with Gasteiger partial charge in [-0.15, -0.1) is 0 Å². The zero-order valence-corrected chi connectivity index (χ0v) is 15.3. The molecule has 1 aromatic heterocycles. The average Bonchev–Trinajstić information content (AvgIpc) is 2.99. The van der Waals surface area contributed by atoms with Gasteiger partial charge in [-0.1, -0.05) is 6.08 Å². The number of piperazine rings is 1. The number of carbonyl (C=O) groups excluding carboxylic acids is 1. The molecular formula is C18H27N5O. The molecule has 6 nitrogen and oxygen atoms in total. The van der Waals surface area contributed by atoms with Crippen molar-refractivity contribution in [2.45, 2.75) is 27.7 Å². The smallest absolute Gasteiger partial charge is 0.205 e. The average molecular weight is 329 g/mol. The highest BCUT2D eigenvalue weighted by Gasteiger charge is 2.20. The number of amidine groups is 1. The molecule has 0 aliphatic carbocycles. The van der Waals surface area contributed by atoms with Crippen molar-refractivity contribution >= 4 is 17.6 Å². The molecule has 1 fully saturated rings. The largest absolute Gasteiger partial charge is 0.357 e. The normalized spacial score (nSPS) is 17.5. The number of hydrogen-bond acceptors (Lipinski definition) is 4. The fourth-order valence-electron chi connectivity index (χ4n) is 2.72. The molecule has 1 aliphatic rings. The second-order valence-electron chi connectivity index (χ2n) is 6.04. The molecule has 0 N–H and O–H groups in total. The Morgan fingerprint density at radius 1 is 1.21 bits per heavy atom. The van der Waals surface area contributed by atoms with Gasteiger partial charge in [0.2, 0.25) is 5.95 Å². The summed E-state index contributed by atoms with van der Waals surface area (Å²) in [4.78, 5) is 25.3. The SMILES string of the molecule is C\C=C/C(/N=C(\C)N1CCN(c2nccn2C)CC1)=C(\C)C(C)=O. The molecule has 0 spiro atoms. The van der Waals surface area contributed by atoms with E-state index in [9.17, 15) is 4.79 Å². The molecule has 2 heterocycles. The molecule has 6 heteroatoms. The van der Waals surface area contributed by atoms with E-state index in [0.29, 0.717) is 5.57 Å². The van der Waals surface area contributed by atoms with Crippen LogP contribution in [0.1, 0.15) is 27.7 Å². The summed E-state index contributed by atoms with van der Waals surface area (Å²) in [6.45, 7) is 11.0. The van der Waals surface area contributed by atoms with Crippen LogP contribution in [0.2, 0.25) is 0 Å². The third-order valence-electron chi connectivity index (χ3n) is 4.34. The van der Waals surface area contributed by atoms with Gasteiger partial charge in [0.25, 0.3) is 0 Å². The maximum Gasteiger partial charge on any atom is 0.205 e. The minimum Gasteiger partial charge on any atom is -0.357 e. The standard InChI is InChI=1S/C18H27N5O/c1-6-7-17(14(2)15(3)24)20-16(4)22-10-12-23(13-11-22)18-19-8-9-21(18)5/h6-9H,10-13H2,1-5H3/b7-6-,17-14-,20-16+. The van der Waals surface area contributed by atoms with Gasteiger partial charge in [0.1, 0.15) is 5.84 Å². The number of rotatable bonds is 4. The van der Waals surface area contributed by atoms with Gasteiger partial charge in [0, 0.05) is 51.2 Å². The van der Waals surface area contributed by atoms with Crippen LogP contribution in [-0.4, -0.2) is 52.2 Å². The summed E-state index contributed by atoms with van der Waals surface area (Å²) in [5.74, 6) is 2.01. The molecule has 0 aromatic carbocycles. The van der Waals surface area contributed by atoms with Crippen LogP contribution in [0.15, 0.2) is 40.8 Å². The summed E-state index contributed by atoms with van der Waals surface area (Å²) >= 11 is 0. The van der Waals surface area contributed by atoms with Crippen LogP contribution < -0.4 is 4.90 Å². The summed E-state index contributed by atoms with van der Waals surface area (Å²) in [5, 5.41) is 0. The number of carbonyl (C=O) groups is 1. The van der Waals surface area contributed by atoms with Gasteiger partial charge in [-0.3, -0.25) is 4.79 Å². The van der Waals surface area contributed by atoms with Gasteiger partial charge in [-0.25, -0.2) is 9.98 Å². The minimum absolute atomic E-state index is 0.0549. The van der Waals surface area contributed by atoms with Crippen molar-refractivity contribution in [3.63, 3.8) is 0 Å². The lowest BCUT2D eigenvalue weighted by atomic mass is 10.1. The molecule has 1 saturated heterocycles. The van der Waals surface area contributed by atoms with Crippen LogP contribution in [0.3, 0.4) is 0 Å². The Labute approximate surface area is 144 Å². The Morgan fingerprint density at radius 3 is 2.38 bits per heavy atom. The second kappa shape index (κ2) is 7.95. The van der Waals surface area contributed by atoms with Crippen molar-refractivity contribution in [3.8, 4) is 0 Å². The van der Waals surface area contributed by atoms with E-state index in [-0.39, 0.29) is 5.78 Å². The number of aryl methyl sites for hydroxylation is 1. The number of imidazole rings is 1. The summed E-state index contributed by atoms with van der Waals surface area (Å²) < 4.78 is 2.04. The lowest BCUT2D eigenvalue weighted by Gasteiger charge is -2.36. The quantitative estimate of drug-likeness (QED) is 0.368. The first-order chi connectivity index (χ1) is 11.4. The Hall–Kier alpha value is -2.37. The topological polar surface area (TPSA) is 53.7 Å². The predicted octanol–water partition coefficient (Wildman–Crippen LogP) is 2.40. The molecule has 1 aromatic rings. The molecule has 0 unspecified atom stereocenters. The van der Waals surface area contributed by atoms with E-state index in [1.165, 1.54) is 0 Å². The van der Waals surface area contributed by atoms with Gasteiger partial charge in [-0.05, 0) is 33.8 Å². The van der Waals surface area contributed by atoms with Gasteiger partial charge in [0.15, 0.2) is 5.78 Å². The number of Topliss-reactive ketones (excluding diaryl/α,β-unsaturated/α-hetero) is 1. The number of nitrogens with zero attached hydrogens (tertiary/aromatic N) is 5. The van der Waals surface area contributed by atoms with Crippen LogP contribution in [0.5, 0.6) is 0 Å². The summed E-state index contributed by atoms with van der Waals surface area (Å²) in [7, 11) is 2.01. The summed E-state index contributed by atoms with van der Waals surface area (Å²) in [6.07, 6.45) is 7.60. The molecule has 2 rings (SSSR count).